The molecule has 1 fully saturated rings. The highest BCUT2D eigenvalue weighted by Crippen LogP contribution is 2.07. The molecular formula is C10H13FN4. The van der Waals surface area contributed by atoms with E-state index in [-0.39, 0.29) is 12.0 Å². The van der Waals surface area contributed by atoms with Crippen LogP contribution >= 0.6 is 0 Å². The van der Waals surface area contributed by atoms with E-state index < -0.39 is 0 Å². The van der Waals surface area contributed by atoms with E-state index in [1.165, 1.54) is 6.07 Å². The lowest BCUT2D eigenvalue weighted by molar-refractivity contribution is 0.570. The highest BCUT2D eigenvalue weighted by molar-refractivity contribution is 5.81. The number of nitrogens with one attached hydrogen (secondary N) is 3. The summed E-state index contributed by atoms with van der Waals surface area (Å²) in [5.74, 6) is 0.423. The Hall–Kier alpha value is -1.62. The van der Waals surface area contributed by atoms with Gasteiger partial charge in [0.15, 0.2) is 0 Å². The molecule has 1 atom stereocenters. The first-order chi connectivity index (χ1) is 7.25. The van der Waals surface area contributed by atoms with E-state index >= 15 is 0 Å². The van der Waals surface area contributed by atoms with Crippen LogP contribution in [-0.4, -0.2) is 12.1 Å². The molecule has 0 amide bonds. The third-order valence-corrected chi connectivity index (χ3v) is 2.13. The molecule has 1 saturated heterocycles. The summed E-state index contributed by atoms with van der Waals surface area (Å²) in [6.07, 6.45) is 0.143. The minimum atomic E-state index is -0.221. The van der Waals surface area contributed by atoms with Crippen molar-refractivity contribution in [1.82, 2.24) is 16.2 Å². The summed E-state index contributed by atoms with van der Waals surface area (Å²) in [5, 5.41) is 3.05. The van der Waals surface area contributed by atoms with Gasteiger partial charge in [0.05, 0.1) is 12.7 Å². The zero-order valence-corrected chi connectivity index (χ0v) is 8.42. The minimum Gasteiger partial charge on any atom is -0.339 e. The summed E-state index contributed by atoms with van der Waals surface area (Å²) < 4.78 is 13.2. The van der Waals surface area contributed by atoms with Crippen molar-refractivity contribution in [2.75, 3.05) is 0 Å². The molecule has 4 nitrogen and oxygen atoms in total. The Labute approximate surface area is 87.6 Å². The quantitative estimate of drug-likeness (QED) is 0.671. The molecule has 0 saturated carbocycles. The van der Waals surface area contributed by atoms with Crippen LogP contribution in [-0.2, 0) is 6.54 Å². The smallest absolute Gasteiger partial charge is 0.207 e. The van der Waals surface area contributed by atoms with Crippen LogP contribution in [0.15, 0.2) is 29.3 Å². The summed E-state index contributed by atoms with van der Waals surface area (Å²) >= 11 is 0. The summed E-state index contributed by atoms with van der Waals surface area (Å²) in [6.45, 7) is 2.29. The first-order valence-electron chi connectivity index (χ1n) is 4.81. The highest BCUT2D eigenvalue weighted by atomic mass is 19.1. The Kier molecular flexibility index (Phi) is 2.82. The fourth-order valence-corrected chi connectivity index (χ4v) is 1.33. The van der Waals surface area contributed by atoms with Gasteiger partial charge in [-0.3, -0.25) is 5.43 Å². The van der Waals surface area contributed by atoms with E-state index in [9.17, 15) is 4.39 Å². The lowest BCUT2D eigenvalue weighted by atomic mass is 10.2. The maximum atomic E-state index is 13.2. The van der Waals surface area contributed by atoms with Gasteiger partial charge in [-0.15, -0.1) is 0 Å². The molecule has 3 N–H and O–H groups in total. The molecule has 5 heteroatoms. The van der Waals surface area contributed by atoms with Gasteiger partial charge in [-0.1, -0.05) is 18.2 Å². The normalized spacial score (nSPS) is 22.5. The Morgan fingerprint density at radius 1 is 1.40 bits per heavy atom. The molecule has 1 aliphatic rings. The van der Waals surface area contributed by atoms with Gasteiger partial charge in [0.1, 0.15) is 5.82 Å². The maximum absolute atomic E-state index is 13.2. The number of benzene rings is 1. The van der Waals surface area contributed by atoms with Gasteiger partial charge in [0.25, 0.3) is 0 Å². The lowest BCUT2D eigenvalue weighted by Crippen LogP contribution is -2.30. The van der Waals surface area contributed by atoms with Gasteiger partial charge in [0, 0.05) is 5.56 Å². The predicted octanol–water partition coefficient (Wildman–Crippen LogP) is 0.725. The summed E-state index contributed by atoms with van der Waals surface area (Å²) in [4.78, 5) is 4.20. The average Bonchev–Trinajstić information content (AvgIpc) is 2.63. The molecular weight excluding hydrogens is 195 g/mol. The fraction of sp³-hybridized carbons (Fsp3) is 0.300. The van der Waals surface area contributed by atoms with Gasteiger partial charge in [-0.05, 0) is 13.0 Å². The third kappa shape index (κ3) is 2.44. The molecule has 0 radical (unpaired) electrons. The SMILES string of the molecule is CC1NNC(=NCc2ccccc2F)N1. The first kappa shape index (κ1) is 9.92. The second-order valence-electron chi connectivity index (χ2n) is 3.39. The van der Waals surface area contributed by atoms with E-state index in [0.29, 0.717) is 18.1 Å². The Bertz CT molecular complexity index is 377. The summed E-state index contributed by atoms with van der Waals surface area (Å²) in [5.41, 5.74) is 6.39. The molecule has 1 aromatic rings. The molecule has 1 aromatic carbocycles. The van der Waals surface area contributed by atoms with Crippen LogP contribution in [0.5, 0.6) is 0 Å². The molecule has 0 aromatic heterocycles. The summed E-state index contributed by atoms with van der Waals surface area (Å²) in [7, 11) is 0. The van der Waals surface area contributed by atoms with Crippen LogP contribution in [0, 0.1) is 5.82 Å². The van der Waals surface area contributed by atoms with Crippen molar-refractivity contribution in [2.45, 2.75) is 19.6 Å². The van der Waals surface area contributed by atoms with Crippen LogP contribution in [0.1, 0.15) is 12.5 Å². The highest BCUT2D eigenvalue weighted by Gasteiger charge is 2.11. The summed E-state index contributed by atoms with van der Waals surface area (Å²) in [6, 6.07) is 6.63. The monoisotopic (exact) mass is 208 g/mol. The number of guanidine groups is 1. The van der Waals surface area contributed by atoms with Crippen molar-refractivity contribution in [3.63, 3.8) is 0 Å². The zero-order valence-electron chi connectivity index (χ0n) is 8.42. The van der Waals surface area contributed by atoms with Crippen molar-refractivity contribution in [3.8, 4) is 0 Å². The maximum Gasteiger partial charge on any atom is 0.207 e. The minimum absolute atomic E-state index is 0.143. The molecule has 0 bridgehead atoms. The molecule has 80 valence electrons. The number of rotatable bonds is 2. The molecule has 2 rings (SSSR count). The molecule has 1 aliphatic heterocycles. The van der Waals surface area contributed by atoms with Crippen molar-refractivity contribution in [3.05, 3.63) is 35.6 Å². The number of aliphatic imine (C=N–C) groups is 1. The van der Waals surface area contributed by atoms with Crippen LogP contribution in [0.2, 0.25) is 0 Å². The number of halogens is 1. The molecule has 15 heavy (non-hydrogen) atoms. The van der Waals surface area contributed by atoms with Crippen LogP contribution < -0.4 is 16.2 Å². The average molecular weight is 208 g/mol. The van der Waals surface area contributed by atoms with E-state index in [1.807, 2.05) is 6.92 Å². The van der Waals surface area contributed by atoms with Crippen LogP contribution in [0.4, 0.5) is 4.39 Å². The number of nitrogens with zero attached hydrogens (tertiary/aromatic N) is 1. The molecule has 1 heterocycles. The fourth-order valence-electron chi connectivity index (χ4n) is 1.33. The topological polar surface area (TPSA) is 48.5 Å². The second-order valence-corrected chi connectivity index (χ2v) is 3.39. The lowest BCUT2D eigenvalue weighted by Gasteiger charge is -2.00. The molecule has 1 unspecified atom stereocenters. The number of hydrogen-bond acceptors (Lipinski definition) is 2. The van der Waals surface area contributed by atoms with E-state index in [1.54, 1.807) is 18.2 Å². The van der Waals surface area contributed by atoms with E-state index in [2.05, 4.69) is 21.2 Å². The third-order valence-electron chi connectivity index (χ3n) is 2.13. The Morgan fingerprint density at radius 2 is 2.20 bits per heavy atom. The largest absolute Gasteiger partial charge is 0.339 e. The number of hydrogen-bond donors (Lipinski definition) is 3. The Balaban J connectivity index is 2.01. The van der Waals surface area contributed by atoms with Crippen molar-refractivity contribution in [1.29, 1.82) is 0 Å². The van der Waals surface area contributed by atoms with Crippen molar-refractivity contribution >= 4 is 5.96 Å². The van der Waals surface area contributed by atoms with Gasteiger partial charge in [0.2, 0.25) is 5.96 Å². The standard InChI is InChI=1S/C10H13FN4/c1-7-13-10(15-14-7)12-6-8-4-2-3-5-9(8)11/h2-5,7,14H,6H2,1H3,(H2,12,13,15). The van der Waals surface area contributed by atoms with Crippen LogP contribution in [0.3, 0.4) is 0 Å². The van der Waals surface area contributed by atoms with E-state index in [4.69, 9.17) is 0 Å². The van der Waals surface area contributed by atoms with Crippen LogP contribution in [0.25, 0.3) is 0 Å². The first-order valence-corrected chi connectivity index (χ1v) is 4.81. The van der Waals surface area contributed by atoms with Gasteiger partial charge in [-0.25, -0.2) is 14.8 Å². The zero-order chi connectivity index (χ0) is 10.7. The predicted molar refractivity (Wildman–Crippen MR) is 56.4 cm³/mol. The molecule has 0 aliphatic carbocycles. The second kappa shape index (κ2) is 4.27. The van der Waals surface area contributed by atoms with E-state index in [0.717, 1.165) is 0 Å². The number of hydrazine groups is 1. The molecule has 0 spiro atoms. The van der Waals surface area contributed by atoms with Crippen molar-refractivity contribution < 1.29 is 4.39 Å². The van der Waals surface area contributed by atoms with Gasteiger partial charge in [-0.2, -0.15) is 0 Å². The van der Waals surface area contributed by atoms with Gasteiger partial charge < -0.3 is 5.32 Å². The van der Waals surface area contributed by atoms with Crippen molar-refractivity contribution in [2.24, 2.45) is 4.99 Å². The van der Waals surface area contributed by atoms with Gasteiger partial charge >= 0.3 is 0 Å². The Morgan fingerprint density at radius 3 is 2.87 bits per heavy atom.